The second-order valence-electron chi connectivity index (χ2n) is 7.09. The van der Waals surface area contributed by atoms with Gasteiger partial charge in [0.25, 0.3) is 0 Å². The van der Waals surface area contributed by atoms with E-state index in [1.54, 1.807) is 0 Å². The van der Waals surface area contributed by atoms with Crippen LogP contribution in [0.1, 0.15) is 57.8 Å². The van der Waals surface area contributed by atoms with E-state index in [9.17, 15) is 19.5 Å². The minimum atomic E-state index is -0.790. The van der Waals surface area contributed by atoms with Gasteiger partial charge in [-0.25, -0.2) is 0 Å². The Balaban J connectivity index is 1.67. The molecule has 3 aliphatic rings. The van der Waals surface area contributed by atoms with Gasteiger partial charge >= 0.3 is 5.97 Å². The highest BCUT2D eigenvalue weighted by Crippen LogP contribution is 2.47. The van der Waals surface area contributed by atoms with Crippen LogP contribution in [0.2, 0.25) is 0 Å². The van der Waals surface area contributed by atoms with Gasteiger partial charge in [0.05, 0.1) is 5.92 Å². The Morgan fingerprint density at radius 1 is 1.10 bits per heavy atom. The maximum atomic E-state index is 12.4. The van der Waals surface area contributed by atoms with Crippen molar-refractivity contribution in [3.63, 3.8) is 0 Å². The molecule has 21 heavy (non-hydrogen) atoms. The van der Waals surface area contributed by atoms with Crippen molar-refractivity contribution in [2.75, 3.05) is 6.54 Å². The number of amides is 2. The van der Waals surface area contributed by atoms with E-state index in [4.69, 9.17) is 0 Å². The number of hydrogen-bond acceptors (Lipinski definition) is 3. The molecule has 0 radical (unpaired) electrons. The lowest BCUT2D eigenvalue weighted by molar-refractivity contribution is -0.156. The van der Waals surface area contributed by atoms with Crippen LogP contribution in [0, 0.1) is 17.3 Å². The number of rotatable bonds is 3. The van der Waals surface area contributed by atoms with Gasteiger partial charge in [0, 0.05) is 19.4 Å². The van der Waals surface area contributed by atoms with Crippen LogP contribution >= 0.6 is 0 Å². The third-order valence-electron chi connectivity index (χ3n) is 5.71. The molecule has 2 amide bonds. The Morgan fingerprint density at radius 2 is 1.71 bits per heavy atom. The first-order valence-corrected chi connectivity index (χ1v) is 8.07. The molecule has 2 atom stereocenters. The van der Waals surface area contributed by atoms with Crippen LogP contribution in [0.4, 0.5) is 0 Å². The average molecular weight is 293 g/mol. The first kappa shape index (κ1) is 14.5. The lowest BCUT2D eigenvalue weighted by Gasteiger charge is -2.38. The number of hydrogen-bond donors (Lipinski definition) is 1. The number of nitrogens with zero attached hydrogens (tertiary/aromatic N) is 1. The van der Waals surface area contributed by atoms with E-state index < -0.39 is 11.9 Å². The molecule has 1 spiro atoms. The van der Waals surface area contributed by atoms with Gasteiger partial charge in [-0.3, -0.25) is 19.3 Å². The van der Waals surface area contributed by atoms with Gasteiger partial charge in [0.1, 0.15) is 0 Å². The summed E-state index contributed by atoms with van der Waals surface area (Å²) in [7, 11) is 0. The van der Waals surface area contributed by atoms with Crippen LogP contribution in [0.3, 0.4) is 0 Å². The molecule has 116 valence electrons. The summed E-state index contributed by atoms with van der Waals surface area (Å²) in [5.41, 5.74) is -0.0768. The number of imide groups is 1. The summed E-state index contributed by atoms with van der Waals surface area (Å²) in [5, 5.41) is 9.22. The normalized spacial score (nSPS) is 32.1. The molecular weight excluding hydrogens is 270 g/mol. The largest absolute Gasteiger partial charge is 0.481 e. The van der Waals surface area contributed by atoms with Crippen LogP contribution in [0.15, 0.2) is 0 Å². The summed E-state index contributed by atoms with van der Waals surface area (Å²) in [6.45, 7) is 0.310. The minimum absolute atomic E-state index is 0.0620. The Bertz CT molecular complexity index is 447. The molecule has 1 heterocycles. The minimum Gasteiger partial charge on any atom is -0.481 e. The molecule has 3 fully saturated rings. The lowest BCUT2D eigenvalue weighted by atomic mass is 9.76. The monoisotopic (exact) mass is 293 g/mol. The van der Waals surface area contributed by atoms with Crippen molar-refractivity contribution < 1.29 is 19.5 Å². The number of aliphatic carboxylic acids is 1. The first-order chi connectivity index (χ1) is 10.0. The molecule has 0 aromatic rings. The van der Waals surface area contributed by atoms with Crippen LogP contribution < -0.4 is 0 Å². The quantitative estimate of drug-likeness (QED) is 0.809. The van der Waals surface area contributed by atoms with Gasteiger partial charge in [-0.15, -0.1) is 0 Å². The Kier molecular flexibility index (Phi) is 3.76. The van der Waals surface area contributed by atoms with Crippen molar-refractivity contribution in [1.82, 2.24) is 4.90 Å². The highest BCUT2D eigenvalue weighted by molar-refractivity contribution is 5.98. The maximum absolute atomic E-state index is 12.4. The molecule has 0 bridgehead atoms. The van der Waals surface area contributed by atoms with E-state index >= 15 is 0 Å². The molecular formula is C16H23NO4. The van der Waals surface area contributed by atoms with Gasteiger partial charge in [-0.1, -0.05) is 19.3 Å². The maximum Gasteiger partial charge on any atom is 0.306 e. The van der Waals surface area contributed by atoms with E-state index in [1.807, 2.05) is 0 Å². The van der Waals surface area contributed by atoms with Crippen molar-refractivity contribution in [2.24, 2.45) is 17.3 Å². The van der Waals surface area contributed by atoms with Crippen molar-refractivity contribution in [2.45, 2.75) is 57.8 Å². The summed E-state index contributed by atoms with van der Waals surface area (Å²) >= 11 is 0. The van der Waals surface area contributed by atoms with Crippen LogP contribution in [-0.2, 0) is 14.4 Å². The summed E-state index contributed by atoms with van der Waals surface area (Å²) in [5.74, 6) is -1.41. The molecule has 1 aliphatic heterocycles. The number of likely N-dealkylation sites (tertiary alicyclic amines) is 1. The molecule has 2 unspecified atom stereocenters. The molecule has 1 N–H and O–H groups in total. The van der Waals surface area contributed by atoms with Crippen molar-refractivity contribution in [1.29, 1.82) is 0 Å². The van der Waals surface area contributed by atoms with Gasteiger partial charge in [0.2, 0.25) is 11.8 Å². The van der Waals surface area contributed by atoms with Crippen LogP contribution in [0.5, 0.6) is 0 Å². The summed E-state index contributed by atoms with van der Waals surface area (Å²) < 4.78 is 0. The van der Waals surface area contributed by atoms with Crippen LogP contribution in [0.25, 0.3) is 0 Å². The topological polar surface area (TPSA) is 74.7 Å². The third-order valence-corrected chi connectivity index (χ3v) is 5.71. The Hall–Kier alpha value is -1.39. The van der Waals surface area contributed by atoms with Gasteiger partial charge < -0.3 is 5.11 Å². The number of carbonyl (C=O) groups is 3. The molecule has 2 saturated carbocycles. The van der Waals surface area contributed by atoms with Gasteiger partial charge in [-0.05, 0) is 37.0 Å². The zero-order valence-electron chi connectivity index (χ0n) is 12.3. The predicted molar refractivity (Wildman–Crippen MR) is 75.3 cm³/mol. The van der Waals surface area contributed by atoms with Crippen molar-refractivity contribution in [3.8, 4) is 0 Å². The van der Waals surface area contributed by atoms with Crippen molar-refractivity contribution in [3.05, 3.63) is 0 Å². The van der Waals surface area contributed by atoms with E-state index in [2.05, 4.69) is 0 Å². The highest BCUT2D eigenvalue weighted by Gasteiger charge is 2.46. The fourth-order valence-electron chi connectivity index (χ4n) is 4.53. The van der Waals surface area contributed by atoms with E-state index in [0.717, 1.165) is 38.5 Å². The fourth-order valence-corrected chi connectivity index (χ4v) is 4.53. The van der Waals surface area contributed by atoms with Gasteiger partial charge in [-0.2, -0.15) is 0 Å². The average Bonchev–Trinajstić information content (AvgIpc) is 3.03. The number of carboxylic acids is 1. The predicted octanol–water partition coefficient (Wildman–Crippen LogP) is 2.20. The molecule has 0 aromatic heterocycles. The zero-order chi connectivity index (χ0) is 15.0. The Labute approximate surface area is 124 Å². The standard InChI is InChI=1S/C16H23NO4/c18-13-8-16(6-1-2-7-16)9-14(19)17(13)10-11-4-3-5-12(11)15(20)21/h11-12H,1-10H2,(H,20,21). The SMILES string of the molecule is O=C(O)C1CCCC1CN1C(=O)CC2(CCCC2)CC1=O. The molecule has 5 nitrogen and oxygen atoms in total. The summed E-state index contributed by atoms with van der Waals surface area (Å²) in [6.07, 6.45) is 7.50. The molecule has 0 aromatic carbocycles. The lowest BCUT2D eigenvalue weighted by Crippen LogP contribution is -2.49. The zero-order valence-corrected chi connectivity index (χ0v) is 12.3. The third kappa shape index (κ3) is 2.70. The van der Waals surface area contributed by atoms with Gasteiger partial charge in [0.15, 0.2) is 0 Å². The molecule has 1 saturated heterocycles. The number of carboxylic acid groups (broad SMARTS) is 1. The van der Waals surface area contributed by atoms with E-state index in [-0.39, 0.29) is 23.1 Å². The Morgan fingerprint density at radius 3 is 2.29 bits per heavy atom. The second-order valence-corrected chi connectivity index (χ2v) is 7.09. The number of carbonyl (C=O) groups excluding carboxylic acids is 2. The molecule has 2 aliphatic carbocycles. The number of piperidine rings is 1. The molecule has 5 heteroatoms. The first-order valence-electron chi connectivity index (χ1n) is 8.07. The summed E-state index contributed by atoms with van der Waals surface area (Å²) in [6, 6.07) is 0. The van der Waals surface area contributed by atoms with E-state index in [1.165, 1.54) is 4.90 Å². The fraction of sp³-hybridized carbons (Fsp3) is 0.812. The summed E-state index contributed by atoms with van der Waals surface area (Å²) in [4.78, 5) is 37.4. The van der Waals surface area contributed by atoms with Crippen LogP contribution in [-0.4, -0.2) is 34.3 Å². The highest BCUT2D eigenvalue weighted by atomic mass is 16.4. The second kappa shape index (κ2) is 5.43. The van der Waals surface area contributed by atoms with Crippen molar-refractivity contribution >= 4 is 17.8 Å². The molecule has 3 rings (SSSR count). The smallest absolute Gasteiger partial charge is 0.306 e. The van der Waals surface area contributed by atoms with E-state index in [0.29, 0.717) is 25.8 Å².